The lowest BCUT2D eigenvalue weighted by Gasteiger charge is -2.21. The van der Waals surface area contributed by atoms with Crippen molar-refractivity contribution in [2.24, 2.45) is 0 Å². The van der Waals surface area contributed by atoms with Gasteiger partial charge in [0.1, 0.15) is 0 Å². The third kappa shape index (κ3) is 6.57. The van der Waals surface area contributed by atoms with E-state index in [1.807, 2.05) is 42.6 Å². The van der Waals surface area contributed by atoms with Gasteiger partial charge in [-0.05, 0) is 60.0 Å². The first kappa shape index (κ1) is 26.2. The minimum absolute atomic E-state index is 0.0484. The maximum atomic E-state index is 12.8. The van der Waals surface area contributed by atoms with Gasteiger partial charge in [0, 0.05) is 25.8 Å². The number of benzene rings is 2. The van der Waals surface area contributed by atoms with E-state index in [0.29, 0.717) is 30.4 Å². The quantitative estimate of drug-likeness (QED) is 0.445. The van der Waals surface area contributed by atoms with Crippen LogP contribution in [0.5, 0.6) is 23.0 Å². The van der Waals surface area contributed by atoms with Crippen LogP contribution in [0, 0.1) is 0 Å². The van der Waals surface area contributed by atoms with E-state index in [1.165, 1.54) is 5.56 Å². The van der Waals surface area contributed by atoms with Crippen molar-refractivity contribution in [1.29, 1.82) is 0 Å². The lowest BCUT2D eigenvalue weighted by atomic mass is 10.00. The van der Waals surface area contributed by atoms with Crippen LogP contribution in [-0.2, 0) is 11.2 Å². The maximum Gasteiger partial charge on any atom is 0.231 e. The van der Waals surface area contributed by atoms with E-state index in [-0.39, 0.29) is 5.91 Å². The first-order chi connectivity index (χ1) is 16.9. The van der Waals surface area contributed by atoms with Crippen molar-refractivity contribution >= 4 is 12.0 Å². The highest BCUT2D eigenvalue weighted by Crippen LogP contribution is 2.33. The van der Waals surface area contributed by atoms with Crippen LogP contribution in [0.15, 0.2) is 48.7 Å². The minimum Gasteiger partial charge on any atom is -0.493 e. The van der Waals surface area contributed by atoms with Gasteiger partial charge in [-0.25, -0.2) is 0 Å². The van der Waals surface area contributed by atoms with Crippen LogP contribution < -0.4 is 18.9 Å². The van der Waals surface area contributed by atoms with Crippen LogP contribution in [0.4, 0.5) is 0 Å². The zero-order chi connectivity index (χ0) is 25.4. The van der Waals surface area contributed by atoms with Gasteiger partial charge in [-0.1, -0.05) is 25.1 Å². The van der Waals surface area contributed by atoms with Gasteiger partial charge >= 0.3 is 0 Å². The highest BCUT2D eigenvalue weighted by Gasteiger charge is 2.19. The van der Waals surface area contributed by atoms with E-state index < -0.39 is 0 Å². The van der Waals surface area contributed by atoms with Crippen LogP contribution in [0.25, 0.3) is 6.08 Å². The van der Waals surface area contributed by atoms with Crippen molar-refractivity contribution in [3.63, 3.8) is 0 Å². The third-order valence-electron chi connectivity index (χ3n) is 6.19. The Kier molecular flexibility index (Phi) is 9.20. The molecule has 0 N–H and O–H groups in total. The summed E-state index contributed by atoms with van der Waals surface area (Å²) in [7, 11) is 8.60. The monoisotopic (exact) mass is 480 g/mol. The number of rotatable bonds is 11. The Morgan fingerprint density at radius 3 is 2.29 bits per heavy atom. The topological polar surface area (TPSA) is 60.5 Å². The Labute approximate surface area is 208 Å². The maximum absolute atomic E-state index is 12.8. The summed E-state index contributed by atoms with van der Waals surface area (Å²) in [6.07, 6.45) is 8.25. The Hall–Kier alpha value is -3.45. The molecule has 1 unspecified atom stereocenters. The minimum atomic E-state index is 0.0484. The molecule has 7 heteroatoms. The number of ether oxygens (including phenoxy) is 4. The number of hydrogen-bond acceptors (Lipinski definition) is 6. The first-order valence-electron chi connectivity index (χ1n) is 11.7. The average Bonchev–Trinajstić information content (AvgIpc) is 3.02. The predicted molar refractivity (Wildman–Crippen MR) is 139 cm³/mol. The van der Waals surface area contributed by atoms with E-state index in [2.05, 4.69) is 31.0 Å². The SMILES string of the molecule is COc1ccc(C(C)CN(C)C/C=C\CN2C=Cc3cc(OC)c(OC)cc3CC2=O)cc1OC. The van der Waals surface area contributed by atoms with Crippen molar-refractivity contribution in [2.75, 3.05) is 55.1 Å². The first-order valence-corrected chi connectivity index (χ1v) is 11.7. The lowest BCUT2D eigenvalue weighted by Crippen LogP contribution is -2.27. The van der Waals surface area contributed by atoms with Crippen LogP contribution in [-0.4, -0.2) is 70.8 Å². The Morgan fingerprint density at radius 1 is 0.943 bits per heavy atom. The fraction of sp³-hybridized carbons (Fsp3) is 0.393. The largest absolute Gasteiger partial charge is 0.493 e. The standard InChI is InChI=1S/C28H36N2O5/c1-20(21-9-10-24(32-3)25(15-21)33-4)19-29(2)12-7-8-13-30-14-11-22-16-26(34-5)27(35-6)17-23(22)18-28(30)31/h7-11,14-17,20H,12-13,18-19H2,1-6H3/b8-7-. The number of likely N-dealkylation sites (N-methyl/N-ethyl adjacent to an activating group) is 1. The van der Waals surface area contributed by atoms with Crippen molar-refractivity contribution in [3.05, 3.63) is 65.4 Å². The number of carbonyl (C=O) groups excluding carboxylic acids is 1. The highest BCUT2D eigenvalue weighted by molar-refractivity contribution is 5.84. The Balaban J connectivity index is 1.54. The van der Waals surface area contributed by atoms with Gasteiger partial charge in [-0.15, -0.1) is 0 Å². The molecule has 1 atom stereocenters. The molecule has 0 radical (unpaired) electrons. The Bertz CT molecular complexity index is 1080. The van der Waals surface area contributed by atoms with Gasteiger partial charge in [0.25, 0.3) is 0 Å². The second-order valence-corrected chi connectivity index (χ2v) is 8.65. The molecule has 7 nitrogen and oxygen atoms in total. The molecular weight excluding hydrogens is 444 g/mol. The zero-order valence-corrected chi connectivity index (χ0v) is 21.5. The molecule has 0 aromatic heterocycles. The highest BCUT2D eigenvalue weighted by atomic mass is 16.5. The van der Waals surface area contributed by atoms with Gasteiger partial charge in [0.15, 0.2) is 23.0 Å². The molecule has 1 heterocycles. The molecule has 0 saturated heterocycles. The van der Waals surface area contributed by atoms with Gasteiger partial charge in [-0.2, -0.15) is 0 Å². The summed E-state index contributed by atoms with van der Waals surface area (Å²) in [4.78, 5) is 16.8. The second-order valence-electron chi connectivity index (χ2n) is 8.65. The van der Waals surface area contributed by atoms with E-state index >= 15 is 0 Å². The van der Waals surface area contributed by atoms with Gasteiger partial charge < -0.3 is 28.7 Å². The fourth-order valence-corrected chi connectivity index (χ4v) is 4.17. The van der Waals surface area contributed by atoms with E-state index in [1.54, 1.807) is 33.3 Å². The van der Waals surface area contributed by atoms with Crippen molar-refractivity contribution in [1.82, 2.24) is 9.80 Å². The molecule has 35 heavy (non-hydrogen) atoms. The summed E-state index contributed by atoms with van der Waals surface area (Å²) in [6, 6.07) is 9.85. The van der Waals surface area contributed by atoms with Crippen LogP contribution in [0.3, 0.4) is 0 Å². The van der Waals surface area contributed by atoms with Crippen LogP contribution in [0.1, 0.15) is 29.5 Å². The molecule has 2 aromatic carbocycles. The molecule has 0 spiro atoms. The van der Waals surface area contributed by atoms with Crippen molar-refractivity contribution in [2.45, 2.75) is 19.3 Å². The summed E-state index contributed by atoms with van der Waals surface area (Å²) in [6.45, 7) is 4.40. The number of fused-ring (bicyclic) bond motifs is 1. The molecule has 3 rings (SSSR count). The van der Waals surface area contributed by atoms with Crippen LogP contribution in [0.2, 0.25) is 0 Å². The molecule has 0 bridgehead atoms. The number of methoxy groups -OCH3 is 4. The average molecular weight is 481 g/mol. The van der Waals surface area contributed by atoms with Crippen molar-refractivity contribution < 1.29 is 23.7 Å². The zero-order valence-electron chi connectivity index (χ0n) is 21.5. The second kappa shape index (κ2) is 12.3. The third-order valence-corrected chi connectivity index (χ3v) is 6.19. The summed E-state index contributed by atoms with van der Waals surface area (Å²) in [5, 5.41) is 0. The lowest BCUT2D eigenvalue weighted by molar-refractivity contribution is -0.127. The van der Waals surface area contributed by atoms with E-state index in [0.717, 1.165) is 35.7 Å². The van der Waals surface area contributed by atoms with E-state index in [9.17, 15) is 4.79 Å². The summed E-state index contributed by atoms with van der Waals surface area (Å²) in [5.74, 6) is 3.14. The molecular formula is C28H36N2O5. The van der Waals surface area contributed by atoms with Gasteiger partial charge in [-0.3, -0.25) is 4.79 Å². The number of amides is 1. The molecule has 1 amide bonds. The van der Waals surface area contributed by atoms with E-state index in [4.69, 9.17) is 18.9 Å². The summed E-state index contributed by atoms with van der Waals surface area (Å²) in [5.41, 5.74) is 3.09. The number of carbonyl (C=O) groups is 1. The summed E-state index contributed by atoms with van der Waals surface area (Å²) < 4.78 is 21.5. The molecule has 1 aliphatic heterocycles. The van der Waals surface area contributed by atoms with Gasteiger partial charge in [0.05, 0.1) is 34.9 Å². The normalized spacial score (nSPS) is 14.1. The molecule has 0 aliphatic carbocycles. The predicted octanol–water partition coefficient (Wildman–Crippen LogP) is 4.37. The molecule has 2 aromatic rings. The molecule has 0 fully saturated rings. The smallest absolute Gasteiger partial charge is 0.231 e. The summed E-state index contributed by atoms with van der Waals surface area (Å²) >= 11 is 0. The fourth-order valence-electron chi connectivity index (χ4n) is 4.17. The molecule has 1 aliphatic rings. The number of hydrogen-bond donors (Lipinski definition) is 0. The van der Waals surface area contributed by atoms with Crippen molar-refractivity contribution in [3.8, 4) is 23.0 Å². The molecule has 0 saturated carbocycles. The van der Waals surface area contributed by atoms with Gasteiger partial charge in [0.2, 0.25) is 5.91 Å². The molecule has 188 valence electrons. The van der Waals surface area contributed by atoms with Crippen LogP contribution >= 0.6 is 0 Å². The number of nitrogens with zero attached hydrogens (tertiary/aromatic N) is 2. The Morgan fingerprint density at radius 2 is 1.60 bits per heavy atom.